The number of H-pyrrole nitrogens is 1. The van der Waals surface area contributed by atoms with Crippen molar-refractivity contribution in [2.24, 2.45) is 5.92 Å². The quantitative estimate of drug-likeness (QED) is 0.847. The summed E-state index contributed by atoms with van der Waals surface area (Å²) in [5.41, 5.74) is 1.83. The lowest BCUT2D eigenvalue weighted by Crippen LogP contribution is -2.30. The number of rotatable bonds is 1. The summed E-state index contributed by atoms with van der Waals surface area (Å²) in [4.78, 5) is 12.4. The van der Waals surface area contributed by atoms with Crippen LogP contribution < -0.4 is 5.32 Å². The van der Waals surface area contributed by atoms with Crippen LogP contribution in [0.5, 0.6) is 0 Å². The zero-order valence-electron chi connectivity index (χ0n) is 10.7. The summed E-state index contributed by atoms with van der Waals surface area (Å²) >= 11 is 3.45. The van der Waals surface area contributed by atoms with Crippen molar-refractivity contribution in [3.63, 3.8) is 0 Å². The van der Waals surface area contributed by atoms with Crippen molar-refractivity contribution in [1.82, 2.24) is 20.3 Å². The van der Waals surface area contributed by atoms with Gasteiger partial charge in [0.1, 0.15) is 5.82 Å². The van der Waals surface area contributed by atoms with Gasteiger partial charge in [0.15, 0.2) is 5.65 Å². The second-order valence-electron chi connectivity index (χ2n) is 5.75. The Hall–Kier alpha value is -0.940. The molecule has 4 nitrogen and oxygen atoms in total. The molecule has 2 aromatic heterocycles. The average molecular weight is 321 g/mol. The van der Waals surface area contributed by atoms with Crippen LogP contribution in [0.1, 0.15) is 44.0 Å². The topological polar surface area (TPSA) is 53.6 Å². The van der Waals surface area contributed by atoms with Gasteiger partial charge in [-0.25, -0.2) is 9.97 Å². The number of hydrogen-bond acceptors (Lipinski definition) is 3. The predicted molar refractivity (Wildman–Crippen MR) is 77.8 cm³/mol. The van der Waals surface area contributed by atoms with Crippen LogP contribution in [-0.2, 0) is 0 Å². The summed E-state index contributed by atoms with van der Waals surface area (Å²) < 4.78 is 0.989. The van der Waals surface area contributed by atoms with Crippen molar-refractivity contribution in [2.75, 3.05) is 0 Å². The van der Waals surface area contributed by atoms with E-state index in [1.54, 1.807) is 6.20 Å². The van der Waals surface area contributed by atoms with Crippen LogP contribution in [0.3, 0.4) is 0 Å². The molecule has 0 bridgehead atoms. The molecule has 19 heavy (non-hydrogen) atoms. The standard InChI is InChI=1S/C14H17BrN4/c15-9-6-12-13(16-7-9)19-14(18-12)11-5-8-3-1-2-4-10(8)17-11/h6-8,10-11,17H,1-5H2,(H,16,18,19). The van der Waals surface area contributed by atoms with Crippen molar-refractivity contribution in [3.05, 3.63) is 22.6 Å². The molecule has 3 heterocycles. The van der Waals surface area contributed by atoms with Crippen LogP contribution in [0.4, 0.5) is 0 Å². The molecule has 2 aliphatic rings. The third kappa shape index (κ3) is 2.09. The number of pyridine rings is 1. The van der Waals surface area contributed by atoms with Gasteiger partial charge in [-0.15, -0.1) is 0 Å². The number of nitrogens with zero attached hydrogens (tertiary/aromatic N) is 2. The predicted octanol–water partition coefficient (Wildman–Crippen LogP) is 3.31. The van der Waals surface area contributed by atoms with Crippen LogP contribution >= 0.6 is 15.9 Å². The lowest BCUT2D eigenvalue weighted by atomic mass is 9.85. The zero-order chi connectivity index (χ0) is 12.8. The normalized spacial score (nSPS) is 30.7. The Morgan fingerprint density at radius 2 is 2.16 bits per heavy atom. The van der Waals surface area contributed by atoms with Crippen LogP contribution in [0.25, 0.3) is 11.2 Å². The Balaban J connectivity index is 1.64. The molecule has 3 unspecified atom stereocenters. The summed E-state index contributed by atoms with van der Waals surface area (Å²) in [5, 5.41) is 3.75. The molecule has 2 fully saturated rings. The summed E-state index contributed by atoms with van der Waals surface area (Å²) in [6, 6.07) is 3.12. The van der Waals surface area contributed by atoms with Gasteiger partial charge in [-0.2, -0.15) is 0 Å². The number of hydrogen-bond donors (Lipinski definition) is 2. The van der Waals surface area contributed by atoms with Gasteiger partial charge in [-0.1, -0.05) is 12.8 Å². The highest BCUT2D eigenvalue weighted by Crippen LogP contribution is 2.38. The van der Waals surface area contributed by atoms with E-state index in [1.165, 1.54) is 32.1 Å². The smallest absolute Gasteiger partial charge is 0.177 e. The third-order valence-electron chi connectivity index (χ3n) is 4.52. The van der Waals surface area contributed by atoms with Gasteiger partial charge >= 0.3 is 0 Å². The van der Waals surface area contributed by atoms with Crippen LogP contribution in [-0.4, -0.2) is 21.0 Å². The van der Waals surface area contributed by atoms with Crippen LogP contribution in [0.15, 0.2) is 16.7 Å². The maximum absolute atomic E-state index is 4.64. The average Bonchev–Trinajstić information content (AvgIpc) is 3.00. The Morgan fingerprint density at radius 1 is 1.26 bits per heavy atom. The second-order valence-corrected chi connectivity index (χ2v) is 6.67. The van der Waals surface area contributed by atoms with E-state index in [2.05, 4.69) is 36.2 Å². The first-order valence-corrected chi connectivity index (χ1v) is 7.86. The van der Waals surface area contributed by atoms with Gasteiger partial charge in [0.25, 0.3) is 0 Å². The number of nitrogens with one attached hydrogen (secondary N) is 2. The maximum atomic E-state index is 4.64. The fourth-order valence-electron chi connectivity index (χ4n) is 3.59. The molecule has 2 N–H and O–H groups in total. The van der Waals surface area contributed by atoms with Gasteiger partial charge in [-0.05, 0) is 47.2 Å². The molecule has 1 saturated heterocycles. The first-order chi connectivity index (χ1) is 9.29. The minimum absolute atomic E-state index is 0.376. The molecule has 0 radical (unpaired) electrons. The Bertz CT molecular complexity index is 595. The van der Waals surface area contributed by atoms with Gasteiger partial charge in [-0.3, -0.25) is 0 Å². The summed E-state index contributed by atoms with van der Waals surface area (Å²) in [7, 11) is 0. The molecule has 0 spiro atoms. The van der Waals surface area contributed by atoms with E-state index in [4.69, 9.17) is 0 Å². The van der Waals surface area contributed by atoms with Crippen molar-refractivity contribution < 1.29 is 0 Å². The van der Waals surface area contributed by atoms with Crippen LogP contribution in [0, 0.1) is 5.92 Å². The summed E-state index contributed by atoms with van der Waals surface area (Å²) in [6.45, 7) is 0. The van der Waals surface area contributed by atoms with Crippen molar-refractivity contribution in [1.29, 1.82) is 0 Å². The number of aromatic amines is 1. The first kappa shape index (κ1) is 11.9. The van der Waals surface area contributed by atoms with Crippen molar-refractivity contribution >= 4 is 27.1 Å². The number of aromatic nitrogens is 3. The van der Waals surface area contributed by atoms with Crippen LogP contribution in [0.2, 0.25) is 0 Å². The molecule has 1 aliphatic heterocycles. The van der Waals surface area contributed by atoms with Gasteiger partial charge in [0.2, 0.25) is 0 Å². The van der Waals surface area contributed by atoms with Crippen molar-refractivity contribution in [3.8, 4) is 0 Å². The highest BCUT2D eigenvalue weighted by molar-refractivity contribution is 9.10. The molecule has 4 rings (SSSR count). The molecular formula is C14H17BrN4. The Kier molecular flexibility index (Phi) is 2.84. The first-order valence-electron chi connectivity index (χ1n) is 7.07. The summed E-state index contributed by atoms with van der Waals surface area (Å²) in [6.07, 6.45) is 8.48. The maximum Gasteiger partial charge on any atom is 0.177 e. The monoisotopic (exact) mass is 320 g/mol. The fraction of sp³-hybridized carbons (Fsp3) is 0.571. The van der Waals surface area contributed by atoms with E-state index >= 15 is 0 Å². The molecule has 100 valence electrons. The van der Waals surface area contributed by atoms with Gasteiger partial charge < -0.3 is 10.3 Å². The van der Waals surface area contributed by atoms with E-state index in [1.807, 2.05) is 6.07 Å². The highest BCUT2D eigenvalue weighted by Gasteiger charge is 2.36. The SMILES string of the molecule is Brc1cnc2nc(C3CC4CCCCC4N3)[nH]c2c1. The molecule has 1 saturated carbocycles. The van der Waals surface area contributed by atoms with E-state index < -0.39 is 0 Å². The fourth-order valence-corrected chi connectivity index (χ4v) is 3.92. The molecule has 3 atom stereocenters. The minimum atomic E-state index is 0.376. The number of fused-ring (bicyclic) bond motifs is 2. The van der Waals surface area contributed by atoms with E-state index in [0.29, 0.717) is 12.1 Å². The van der Waals surface area contributed by atoms with Crippen molar-refractivity contribution in [2.45, 2.75) is 44.2 Å². The number of halogens is 1. The van der Waals surface area contributed by atoms with E-state index in [9.17, 15) is 0 Å². The molecule has 5 heteroatoms. The number of imidazole rings is 1. The second kappa shape index (κ2) is 4.56. The van der Waals surface area contributed by atoms with Gasteiger partial charge in [0.05, 0.1) is 11.6 Å². The minimum Gasteiger partial charge on any atom is -0.339 e. The highest BCUT2D eigenvalue weighted by atomic mass is 79.9. The lowest BCUT2D eigenvalue weighted by Gasteiger charge is -2.24. The molecule has 0 aromatic carbocycles. The largest absolute Gasteiger partial charge is 0.339 e. The molecule has 2 aromatic rings. The van der Waals surface area contributed by atoms with Gasteiger partial charge in [0, 0.05) is 16.7 Å². The summed E-state index contributed by atoms with van der Waals surface area (Å²) in [5.74, 6) is 1.89. The van der Waals surface area contributed by atoms with E-state index in [-0.39, 0.29) is 0 Å². The Morgan fingerprint density at radius 3 is 3.05 bits per heavy atom. The molecular weight excluding hydrogens is 304 g/mol. The van der Waals surface area contributed by atoms with E-state index in [0.717, 1.165) is 27.4 Å². The molecule has 1 aliphatic carbocycles. The Labute approximate surface area is 120 Å². The molecule has 0 amide bonds. The zero-order valence-corrected chi connectivity index (χ0v) is 12.3. The lowest BCUT2D eigenvalue weighted by molar-refractivity contribution is 0.325. The third-order valence-corrected chi connectivity index (χ3v) is 4.95.